The fourth-order valence-electron chi connectivity index (χ4n) is 1.12. The normalized spacial score (nSPS) is 10.1. The molecule has 0 aromatic carbocycles. The second-order valence-electron chi connectivity index (χ2n) is 3.15. The lowest BCUT2D eigenvalue weighted by atomic mass is 10.2. The topological polar surface area (TPSA) is 69.8 Å². The van der Waals surface area contributed by atoms with Crippen molar-refractivity contribution in [2.24, 2.45) is 0 Å². The summed E-state index contributed by atoms with van der Waals surface area (Å²) in [5.74, 6) is 0.912. The van der Waals surface area contributed by atoms with Crippen molar-refractivity contribution in [3.8, 4) is 0 Å². The van der Waals surface area contributed by atoms with Crippen molar-refractivity contribution in [2.45, 2.75) is 19.3 Å². The maximum absolute atomic E-state index is 10.8. The molecule has 0 aliphatic rings. The van der Waals surface area contributed by atoms with Crippen LogP contribution in [0.3, 0.4) is 0 Å². The van der Waals surface area contributed by atoms with E-state index in [4.69, 9.17) is 0 Å². The molecule has 5 nitrogen and oxygen atoms in total. The predicted molar refractivity (Wildman–Crippen MR) is 69.3 cm³/mol. The monoisotopic (exact) mass is 306 g/mol. The quantitative estimate of drug-likeness (QED) is 0.556. The van der Waals surface area contributed by atoms with E-state index in [0.717, 1.165) is 35.3 Å². The molecule has 0 saturated carbocycles. The molecule has 0 spiro atoms. The van der Waals surface area contributed by atoms with Crippen LogP contribution < -0.4 is 10.0 Å². The Hall–Kier alpha value is -0.690. The van der Waals surface area contributed by atoms with Gasteiger partial charge < -0.3 is 10.3 Å². The Kier molecular flexibility index (Phi) is 6.32. The largest absolute Gasteiger partial charge is 0.341 e. The average Bonchev–Trinajstić information content (AvgIpc) is 2.69. The number of H-pyrrole nitrogens is 1. The van der Waals surface area contributed by atoms with Crippen molar-refractivity contribution in [1.29, 1.82) is 0 Å². The van der Waals surface area contributed by atoms with Crippen LogP contribution in [0.25, 0.3) is 0 Å². The number of nitrogens with zero attached hydrogens (tertiary/aromatic N) is 1. The zero-order valence-corrected chi connectivity index (χ0v) is 11.4. The first-order valence-corrected chi connectivity index (χ1v) is 6.79. The van der Waals surface area contributed by atoms with Gasteiger partial charge in [-0.15, -0.1) is 0 Å². The summed E-state index contributed by atoms with van der Waals surface area (Å²) in [6.45, 7) is 0. The fourth-order valence-corrected chi connectivity index (χ4v) is 2.20. The highest BCUT2D eigenvalue weighted by atomic mass is 79.9. The number of unbranched alkanes of at least 4 members (excludes halogenated alkanes) is 1. The van der Waals surface area contributed by atoms with Crippen LogP contribution in [-0.4, -0.2) is 28.8 Å². The molecule has 1 aromatic rings. The van der Waals surface area contributed by atoms with Gasteiger partial charge in [-0.3, -0.25) is 4.72 Å². The first-order chi connectivity index (χ1) is 7.74. The number of carbonyl (C=O) groups excluding carboxylic acids is 1. The third-order valence-electron chi connectivity index (χ3n) is 1.97. The van der Waals surface area contributed by atoms with Crippen molar-refractivity contribution < 1.29 is 4.79 Å². The molecule has 3 N–H and O–H groups in total. The number of amides is 2. The van der Waals surface area contributed by atoms with Crippen LogP contribution in [-0.2, 0) is 6.42 Å². The Morgan fingerprint density at radius 3 is 3.06 bits per heavy atom. The predicted octanol–water partition coefficient (Wildman–Crippen LogP) is 2.07. The number of aromatic amines is 1. The lowest BCUT2D eigenvalue weighted by Crippen LogP contribution is -2.27. The van der Waals surface area contributed by atoms with Gasteiger partial charge in [0.05, 0.1) is 12.0 Å². The van der Waals surface area contributed by atoms with Crippen LogP contribution in [0, 0.1) is 0 Å². The highest BCUT2D eigenvalue weighted by Crippen LogP contribution is 2.13. The molecule has 0 aliphatic carbocycles. The van der Waals surface area contributed by atoms with Gasteiger partial charge in [-0.25, -0.2) is 9.78 Å². The minimum Gasteiger partial charge on any atom is -0.341 e. The first kappa shape index (κ1) is 13.4. The summed E-state index contributed by atoms with van der Waals surface area (Å²) in [5.41, 5.74) is 1.06. The summed E-state index contributed by atoms with van der Waals surface area (Å²) in [6.07, 6.45) is 4.74. The summed E-state index contributed by atoms with van der Waals surface area (Å²) in [4.78, 5) is 18.0. The number of hydrogen-bond acceptors (Lipinski definition) is 3. The van der Waals surface area contributed by atoms with Gasteiger partial charge in [0.2, 0.25) is 0 Å². The number of aromatic nitrogens is 2. The molecule has 1 heterocycles. The minimum absolute atomic E-state index is 0.153. The van der Waals surface area contributed by atoms with Crippen molar-refractivity contribution in [2.75, 3.05) is 12.8 Å². The van der Waals surface area contributed by atoms with E-state index in [-0.39, 0.29) is 6.03 Å². The van der Waals surface area contributed by atoms with E-state index in [0.29, 0.717) is 0 Å². The van der Waals surface area contributed by atoms with Gasteiger partial charge in [-0.05, 0) is 47.1 Å². The highest BCUT2D eigenvalue weighted by molar-refractivity contribution is 9.10. The van der Waals surface area contributed by atoms with Gasteiger partial charge >= 0.3 is 6.03 Å². The van der Waals surface area contributed by atoms with Gasteiger partial charge in [-0.2, -0.15) is 0 Å². The molecule has 1 rings (SSSR count). The lowest BCUT2D eigenvalue weighted by Gasteiger charge is -2.02. The zero-order chi connectivity index (χ0) is 11.8. The highest BCUT2D eigenvalue weighted by Gasteiger charge is 2.01. The van der Waals surface area contributed by atoms with Crippen LogP contribution in [0.4, 0.5) is 4.79 Å². The molecule has 0 unspecified atom stereocenters. The Balaban J connectivity index is 2.00. The lowest BCUT2D eigenvalue weighted by molar-refractivity contribution is 0.248. The number of imidazole rings is 1. The molecule has 0 radical (unpaired) electrons. The second-order valence-corrected chi connectivity index (χ2v) is 4.84. The molecule has 0 atom stereocenters. The molecule has 1 aromatic heterocycles. The summed E-state index contributed by atoms with van der Waals surface area (Å²) < 4.78 is 3.63. The van der Waals surface area contributed by atoms with Crippen LogP contribution in [0.1, 0.15) is 18.5 Å². The third kappa shape index (κ3) is 4.89. The number of hydrogen-bond donors (Lipinski definition) is 3. The molecule has 2 amide bonds. The summed E-state index contributed by atoms with van der Waals surface area (Å²) in [6, 6.07) is -0.153. The van der Waals surface area contributed by atoms with Crippen LogP contribution in [0.2, 0.25) is 0 Å². The van der Waals surface area contributed by atoms with E-state index in [2.05, 4.69) is 35.9 Å². The number of rotatable bonds is 6. The second kappa shape index (κ2) is 7.56. The van der Waals surface area contributed by atoms with Gasteiger partial charge in [-0.1, -0.05) is 0 Å². The maximum Gasteiger partial charge on any atom is 0.324 e. The summed E-state index contributed by atoms with van der Waals surface area (Å²) in [7, 11) is 1.60. The molecule has 90 valence electrons. The van der Waals surface area contributed by atoms with E-state index >= 15 is 0 Å². The van der Waals surface area contributed by atoms with Crippen LogP contribution >= 0.6 is 27.9 Å². The Morgan fingerprint density at radius 2 is 2.44 bits per heavy atom. The first-order valence-electron chi connectivity index (χ1n) is 5.01. The van der Waals surface area contributed by atoms with Crippen LogP contribution in [0.5, 0.6) is 0 Å². The van der Waals surface area contributed by atoms with Crippen molar-refractivity contribution in [3.05, 3.63) is 16.6 Å². The number of urea groups is 1. The molecular formula is C9H15BrN4OS. The van der Waals surface area contributed by atoms with Crippen molar-refractivity contribution in [3.63, 3.8) is 0 Å². The number of aryl methyl sites for hydroxylation is 1. The van der Waals surface area contributed by atoms with E-state index < -0.39 is 0 Å². The summed E-state index contributed by atoms with van der Waals surface area (Å²) >= 11 is 4.81. The van der Waals surface area contributed by atoms with Crippen molar-refractivity contribution in [1.82, 2.24) is 20.0 Å². The Labute approximate surface area is 107 Å². The molecule has 0 aliphatic heterocycles. The maximum atomic E-state index is 10.8. The minimum atomic E-state index is -0.153. The van der Waals surface area contributed by atoms with Gasteiger partial charge in [0.25, 0.3) is 0 Å². The van der Waals surface area contributed by atoms with E-state index in [1.165, 1.54) is 11.9 Å². The average molecular weight is 307 g/mol. The van der Waals surface area contributed by atoms with Crippen LogP contribution in [0.15, 0.2) is 10.9 Å². The SMILES string of the molecule is CNC(=O)NSCCCCc1nc[nH]c1Br. The Morgan fingerprint density at radius 1 is 1.62 bits per heavy atom. The number of carbonyl (C=O) groups is 1. The van der Waals surface area contributed by atoms with Gasteiger partial charge in [0.1, 0.15) is 4.60 Å². The number of halogens is 1. The van der Waals surface area contributed by atoms with E-state index in [1.807, 2.05) is 0 Å². The molecule has 0 saturated heterocycles. The molecular weight excluding hydrogens is 292 g/mol. The fraction of sp³-hybridized carbons (Fsp3) is 0.556. The smallest absolute Gasteiger partial charge is 0.324 e. The van der Waals surface area contributed by atoms with Gasteiger partial charge in [0, 0.05) is 12.8 Å². The number of nitrogens with one attached hydrogen (secondary N) is 3. The molecule has 16 heavy (non-hydrogen) atoms. The van der Waals surface area contributed by atoms with Crippen molar-refractivity contribution >= 4 is 33.9 Å². The van der Waals surface area contributed by atoms with E-state index in [1.54, 1.807) is 13.4 Å². The molecule has 0 fully saturated rings. The zero-order valence-electron chi connectivity index (χ0n) is 9.05. The standard InChI is InChI=1S/C9H15BrN4OS/c1-11-9(15)14-16-5-3-2-4-7-8(10)13-6-12-7/h6H,2-5H2,1H3,(H,12,13)(H2,11,14,15). The molecule has 0 bridgehead atoms. The summed E-state index contributed by atoms with van der Waals surface area (Å²) in [5, 5.41) is 2.49. The van der Waals surface area contributed by atoms with Gasteiger partial charge in [0.15, 0.2) is 0 Å². The van der Waals surface area contributed by atoms with E-state index in [9.17, 15) is 4.79 Å². The Bertz CT molecular complexity index is 331. The third-order valence-corrected chi connectivity index (χ3v) is 3.48. The molecule has 7 heteroatoms.